The largest absolute Gasteiger partial charge is 0.480 e. The Labute approximate surface area is 103 Å². The number of hydrogen-bond donors (Lipinski definition) is 2. The highest BCUT2D eigenvalue weighted by Gasteiger charge is 2.31. The number of rotatable bonds is 7. The number of thioether (sulfide) groups is 1. The lowest BCUT2D eigenvalue weighted by molar-refractivity contribution is -0.144. The van der Waals surface area contributed by atoms with Crippen LogP contribution in [0.1, 0.15) is 47.5 Å². The molecule has 0 rings (SSSR count). The lowest BCUT2D eigenvalue weighted by atomic mass is 9.96. The second kappa shape index (κ2) is 6.50. The van der Waals surface area contributed by atoms with E-state index in [1.165, 1.54) is 0 Å². The molecule has 0 heterocycles. The van der Waals surface area contributed by atoms with Gasteiger partial charge in [-0.1, -0.05) is 27.7 Å². The Morgan fingerprint density at radius 1 is 1.31 bits per heavy atom. The molecule has 0 spiro atoms. The summed E-state index contributed by atoms with van der Waals surface area (Å²) in [7, 11) is 0. The van der Waals surface area contributed by atoms with E-state index in [2.05, 4.69) is 26.1 Å². The van der Waals surface area contributed by atoms with E-state index in [-0.39, 0.29) is 4.75 Å². The average molecular weight is 247 g/mol. The third-order valence-corrected chi connectivity index (χ3v) is 3.75. The van der Waals surface area contributed by atoms with Gasteiger partial charge in [0.1, 0.15) is 5.54 Å². The maximum absolute atomic E-state index is 11.1. The second-order valence-corrected chi connectivity index (χ2v) is 7.15. The van der Waals surface area contributed by atoms with Crippen LogP contribution >= 0.6 is 11.8 Å². The van der Waals surface area contributed by atoms with Gasteiger partial charge in [0.25, 0.3) is 0 Å². The first-order valence-electron chi connectivity index (χ1n) is 5.83. The first-order chi connectivity index (χ1) is 7.21. The SMILES string of the molecule is CCNC(C)(CCCSC(C)(C)C)C(=O)O. The zero-order chi connectivity index (χ0) is 12.8. The number of aliphatic carboxylic acids is 1. The molecule has 0 aliphatic carbocycles. The lowest BCUT2D eigenvalue weighted by Crippen LogP contribution is -2.49. The molecule has 0 saturated carbocycles. The summed E-state index contributed by atoms with van der Waals surface area (Å²) in [5.41, 5.74) is -0.771. The highest BCUT2D eigenvalue weighted by molar-refractivity contribution is 8.00. The van der Waals surface area contributed by atoms with Crippen LogP contribution in [0.3, 0.4) is 0 Å². The highest BCUT2D eigenvalue weighted by Crippen LogP contribution is 2.25. The number of carbonyl (C=O) groups is 1. The zero-order valence-electron chi connectivity index (χ0n) is 11.1. The molecule has 16 heavy (non-hydrogen) atoms. The topological polar surface area (TPSA) is 49.3 Å². The third kappa shape index (κ3) is 6.38. The van der Waals surface area contributed by atoms with E-state index in [9.17, 15) is 4.79 Å². The number of carboxylic acids is 1. The minimum atomic E-state index is -0.771. The van der Waals surface area contributed by atoms with Crippen molar-refractivity contribution < 1.29 is 9.90 Å². The van der Waals surface area contributed by atoms with Gasteiger partial charge in [0, 0.05) is 4.75 Å². The summed E-state index contributed by atoms with van der Waals surface area (Å²) in [6.45, 7) is 10.9. The number of carboxylic acid groups (broad SMARTS) is 1. The fourth-order valence-electron chi connectivity index (χ4n) is 1.47. The van der Waals surface area contributed by atoms with E-state index in [4.69, 9.17) is 5.11 Å². The van der Waals surface area contributed by atoms with Crippen LogP contribution < -0.4 is 5.32 Å². The summed E-state index contributed by atoms with van der Waals surface area (Å²) < 4.78 is 0.262. The molecule has 0 aromatic rings. The minimum absolute atomic E-state index is 0.262. The minimum Gasteiger partial charge on any atom is -0.480 e. The molecule has 1 unspecified atom stereocenters. The number of likely N-dealkylation sites (N-methyl/N-ethyl adjacent to an activating group) is 1. The molecule has 0 bridgehead atoms. The van der Waals surface area contributed by atoms with E-state index >= 15 is 0 Å². The smallest absolute Gasteiger partial charge is 0.323 e. The fraction of sp³-hybridized carbons (Fsp3) is 0.917. The molecule has 3 nitrogen and oxygen atoms in total. The molecule has 1 atom stereocenters. The van der Waals surface area contributed by atoms with Crippen LogP contribution in [0.25, 0.3) is 0 Å². The van der Waals surface area contributed by atoms with Crippen molar-refractivity contribution in [2.24, 2.45) is 0 Å². The Balaban J connectivity index is 4.00. The Morgan fingerprint density at radius 2 is 1.88 bits per heavy atom. The van der Waals surface area contributed by atoms with Crippen molar-refractivity contribution in [2.75, 3.05) is 12.3 Å². The van der Waals surface area contributed by atoms with Gasteiger partial charge in [0.05, 0.1) is 0 Å². The van der Waals surface area contributed by atoms with Gasteiger partial charge in [0.2, 0.25) is 0 Å². The lowest BCUT2D eigenvalue weighted by Gasteiger charge is -2.26. The monoisotopic (exact) mass is 247 g/mol. The Bertz CT molecular complexity index is 226. The molecule has 4 heteroatoms. The molecule has 0 fully saturated rings. The number of nitrogens with one attached hydrogen (secondary N) is 1. The highest BCUT2D eigenvalue weighted by atomic mass is 32.2. The summed E-state index contributed by atoms with van der Waals surface area (Å²) in [4.78, 5) is 11.1. The maximum atomic E-state index is 11.1. The molecule has 0 radical (unpaired) electrons. The maximum Gasteiger partial charge on any atom is 0.323 e. The van der Waals surface area contributed by atoms with E-state index in [0.717, 1.165) is 12.2 Å². The Kier molecular flexibility index (Phi) is 6.41. The van der Waals surface area contributed by atoms with Crippen LogP contribution in [0.15, 0.2) is 0 Å². The van der Waals surface area contributed by atoms with Gasteiger partial charge < -0.3 is 10.4 Å². The average Bonchev–Trinajstić information content (AvgIpc) is 2.11. The van der Waals surface area contributed by atoms with Gasteiger partial charge in [-0.05, 0) is 32.1 Å². The molecule has 0 aliphatic heterocycles. The summed E-state index contributed by atoms with van der Waals surface area (Å²) in [5.74, 6) is 0.257. The van der Waals surface area contributed by atoms with Gasteiger partial charge >= 0.3 is 5.97 Å². The van der Waals surface area contributed by atoms with Crippen molar-refractivity contribution in [3.63, 3.8) is 0 Å². The molecular formula is C12H25NO2S. The molecule has 0 amide bonds. The Hall–Kier alpha value is -0.220. The van der Waals surface area contributed by atoms with Gasteiger partial charge in [-0.25, -0.2) is 0 Å². The summed E-state index contributed by atoms with van der Waals surface area (Å²) in [5, 5.41) is 12.2. The quantitative estimate of drug-likeness (QED) is 0.679. The van der Waals surface area contributed by atoms with Crippen LogP contribution in [0.2, 0.25) is 0 Å². The normalized spacial score (nSPS) is 15.8. The molecule has 0 aromatic heterocycles. The van der Waals surface area contributed by atoms with Gasteiger partial charge in [-0.2, -0.15) is 11.8 Å². The fourth-order valence-corrected chi connectivity index (χ4v) is 2.37. The van der Waals surface area contributed by atoms with Crippen molar-refractivity contribution in [3.8, 4) is 0 Å². The zero-order valence-corrected chi connectivity index (χ0v) is 11.9. The first-order valence-corrected chi connectivity index (χ1v) is 6.82. The van der Waals surface area contributed by atoms with Crippen LogP contribution in [0, 0.1) is 0 Å². The third-order valence-electron chi connectivity index (χ3n) is 2.40. The molecular weight excluding hydrogens is 222 g/mol. The Morgan fingerprint density at radius 3 is 2.25 bits per heavy atom. The molecule has 2 N–H and O–H groups in total. The van der Waals surface area contributed by atoms with Crippen molar-refractivity contribution >= 4 is 17.7 Å². The standard InChI is InChI=1S/C12H25NO2S/c1-6-13-12(5,10(14)15)8-7-9-16-11(2,3)4/h13H,6-9H2,1-5H3,(H,14,15). The number of hydrogen-bond acceptors (Lipinski definition) is 3. The van der Waals surface area contributed by atoms with Crippen molar-refractivity contribution in [2.45, 2.75) is 57.7 Å². The van der Waals surface area contributed by atoms with Crippen molar-refractivity contribution in [1.82, 2.24) is 5.32 Å². The molecule has 0 saturated heterocycles. The van der Waals surface area contributed by atoms with Crippen LogP contribution in [-0.4, -0.2) is 33.7 Å². The van der Waals surface area contributed by atoms with E-state index in [1.54, 1.807) is 6.92 Å². The van der Waals surface area contributed by atoms with Gasteiger partial charge in [0.15, 0.2) is 0 Å². The summed E-state index contributed by atoms with van der Waals surface area (Å²) in [6, 6.07) is 0. The predicted octanol–water partition coefficient (Wildman–Crippen LogP) is 2.75. The first kappa shape index (κ1) is 15.8. The second-order valence-electron chi connectivity index (χ2n) is 5.23. The van der Waals surface area contributed by atoms with E-state index in [1.807, 2.05) is 18.7 Å². The van der Waals surface area contributed by atoms with Gasteiger partial charge in [-0.15, -0.1) is 0 Å². The summed E-state index contributed by atoms with van der Waals surface area (Å²) >= 11 is 1.88. The van der Waals surface area contributed by atoms with Crippen molar-refractivity contribution in [1.29, 1.82) is 0 Å². The predicted molar refractivity (Wildman–Crippen MR) is 71.2 cm³/mol. The molecule has 96 valence electrons. The van der Waals surface area contributed by atoms with E-state index in [0.29, 0.717) is 13.0 Å². The van der Waals surface area contributed by atoms with Crippen molar-refractivity contribution in [3.05, 3.63) is 0 Å². The molecule has 0 aromatic carbocycles. The molecule has 0 aliphatic rings. The van der Waals surface area contributed by atoms with Crippen LogP contribution in [-0.2, 0) is 4.79 Å². The van der Waals surface area contributed by atoms with Gasteiger partial charge in [-0.3, -0.25) is 4.79 Å². The van der Waals surface area contributed by atoms with Crippen LogP contribution in [0.4, 0.5) is 0 Å². The van der Waals surface area contributed by atoms with Crippen LogP contribution in [0.5, 0.6) is 0 Å². The van der Waals surface area contributed by atoms with E-state index < -0.39 is 11.5 Å². The summed E-state index contributed by atoms with van der Waals surface area (Å²) in [6.07, 6.45) is 1.61.